The van der Waals surface area contributed by atoms with Crippen molar-refractivity contribution in [2.24, 2.45) is 0 Å². The van der Waals surface area contributed by atoms with Gasteiger partial charge in [-0.1, -0.05) is 70.5 Å². The number of nitrogens with zero attached hydrogens (tertiary/aromatic N) is 1. The fourth-order valence-electron chi connectivity index (χ4n) is 3.68. The van der Waals surface area contributed by atoms with Crippen molar-refractivity contribution in [3.8, 4) is 0 Å². The zero-order chi connectivity index (χ0) is 20.4. The highest BCUT2D eigenvalue weighted by Gasteiger charge is 2.40. The van der Waals surface area contributed by atoms with E-state index in [2.05, 4.69) is 28.1 Å². The van der Waals surface area contributed by atoms with Crippen molar-refractivity contribution in [1.82, 2.24) is 4.90 Å². The van der Waals surface area contributed by atoms with E-state index in [4.69, 9.17) is 0 Å². The van der Waals surface area contributed by atoms with Crippen LogP contribution in [0.3, 0.4) is 0 Å². The van der Waals surface area contributed by atoms with Gasteiger partial charge in [-0.15, -0.1) is 11.8 Å². The van der Waals surface area contributed by atoms with Gasteiger partial charge in [0.2, 0.25) is 0 Å². The molecule has 0 radical (unpaired) electrons. The summed E-state index contributed by atoms with van der Waals surface area (Å²) in [7, 11) is 0. The smallest absolute Gasteiger partial charge is 0.290 e. The van der Waals surface area contributed by atoms with Crippen LogP contribution in [0.25, 0.3) is 5.57 Å². The van der Waals surface area contributed by atoms with Crippen molar-refractivity contribution in [3.05, 3.63) is 106 Å². The lowest BCUT2D eigenvalue weighted by molar-refractivity contribution is -0.130. The zero-order valence-electron chi connectivity index (χ0n) is 15.9. The number of rotatable bonds is 5. The first kappa shape index (κ1) is 19.8. The van der Waals surface area contributed by atoms with Crippen LogP contribution < -0.4 is 0 Å². The van der Waals surface area contributed by atoms with Crippen molar-refractivity contribution in [3.63, 3.8) is 0 Å². The van der Waals surface area contributed by atoms with E-state index >= 15 is 0 Å². The van der Waals surface area contributed by atoms with Gasteiger partial charge in [0.1, 0.15) is 0 Å². The summed E-state index contributed by atoms with van der Waals surface area (Å²) in [6, 6.07) is 25.4. The normalized spacial score (nSPS) is 16.6. The van der Waals surface area contributed by atoms with Gasteiger partial charge in [-0.2, -0.15) is 0 Å². The summed E-state index contributed by atoms with van der Waals surface area (Å²) >= 11 is 5.22. The first-order valence-electron chi connectivity index (χ1n) is 9.26. The second-order valence-corrected chi connectivity index (χ2v) is 8.66. The molecule has 0 fully saturated rings. The fourth-order valence-corrected chi connectivity index (χ4v) is 4.51. The molecule has 0 bridgehead atoms. The van der Waals surface area contributed by atoms with E-state index in [0.29, 0.717) is 12.1 Å². The molecule has 0 saturated heterocycles. The first-order valence-corrected chi connectivity index (χ1v) is 11.3. The number of aliphatic hydroxyl groups excluding tert-OH is 1. The summed E-state index contributed by atoms with van der Waals surface area (Å²) < 4.78 is 0.936. The Morgan fingerprint density at radius 3 is 2.38 bits per heavy atom. The molecule has 0 unspecified atom stereocenters. The zero-order valence-corrected chi connectivity index (χ0v) is 18.3. The number of aliphatic hydroxyl groups is 1. The Balaban J connectivity index is 1.78. The molecular weight excluding hydrogens is 446 g/mol. The standard InChI is InChI=1S/C24H20BrNO2S/c1-29-20-12-10-16(11-13-20)15-26-22(18-8-5-9-19(25)14-18)21(23(27)24(26)28)17-6-3-2-4-7-17/h2-14,22,27H,15H2,1H3/t22-/m0/s1. The van der Waals surface area contributed by atoms with E-state index in [-0.39, 0.29) is 17.7 Å². The Labute approximate surface area is 183 Å². The summed E-state index contributed by atoms with van der Waals surface area (Å²) in [6.45, 7) is 0.422. The molecule has 1 atom stereocenters. The number of carbonyl (C=O) groups is 1. The first-order chi connectivity index (χ1) is 14.1. The minimum atomic E-state index is -0.359. The lowest BCUT2D eigenvalue weighted by Gasteiger charge is -2.27. The maximum atomic E-state index is 13.1. The lowest BCUT2D eigenvalue weighted by atomic mass is 9.93. The Kier molecular flexibility index (Phi) is 5.79. The van der Waals surface area contributed by atoms with E-state index < -0.39 is 0 Å². The summed E-state index contributed by atoms with van der Waals surface area (Å²) in [6.07, 6.45) is 2.04. The molecular formula is C24H20BrNO2S. The summed E-state index contributed by atoms with van der Waals surface area (Å²) in [4.78, 5) is 16.0. The van der Waals surface area contributed by atoms with Gasteiger partial charge >= 0.3 is 0 Å². The molecule has 0 spiro atoms. The van der Waals surface area contributed by atoms with Crippen LogP contribution in [0.5, 0.6) is 0 Å². The van der Waals surface area contributed by atoms with Crippen LogP contribution >= 0.6 is 27.7 Å². The largest absolute Gasteiger partial charge is 0.503 e. The highest BCUT2D eigenvalue weighted by molar-refractivity contribution is 9.10. The highest BCUT2D eigenvalue weighted by Crippen LogP contribution is 2.44. The van der Waals surface area contributed by atoms with Gasteiger partial charge in [-0.05, 0) is 47.2 Å². The number of amides is 1. The maximum absolute atomic E-state index is 13.1. The van der Waals surface area contributed by atoms with Crippen molar-refractivity contribution >= 4 is 39.2 Å². The second-order valence-electron chi connectivity index (χ2n) is 6.87. The Hall–Kier alpha value is -2.50. The number of benzene rings is 3. The molecule has 3 aromatic rings. The van der Waals surface area contributed by atoms with E-state index in [1.807, 2.05) is 73.0 Å². The van der Waals surface area contributed by atoms with Crippen LogP contribution in [0.2, 0.25) is 0 Å². The van der Waals surface area contributed by atoms with Gasteiger partial charge < -0.3 is 10.0 Å². The average Bonchev–Trinajstić information content (AvgIpc) is 3.00. The molecule has 0 aliphatic carbocycles. The molecule has 0 aromatic heterocycles. The Morgan fingerprint density at radius 1 is 1.00 bits per heavy atom. The average molecular weight is 466 g/mol. The van der Waals surface area contributed by atoms with E-state index in [0.717, 1.165) is 21.2 Å². The highest BCUT2D eigenvalue weighted by atomic mass is 79.9. The molecule has 4 rings (SSSR count). The molecule has 3 nitrogen and oxygen atoms in total. The number of carbonyl (C=O) groups excluding carboxylic acids is 1. The van der Waals surface area contributed by atoms with E-state index in [1.54, 1.807) is 16.7 Å². The van der Waals surface area contributed by atoms with Gasteiger partial charge in [0.25, 0.3) is 5.91 Å². The molecule has 1 heterocycles. The predicted molar refractivity (Wildman–Crippen MR) is 122 cm³/mol. The summed E-state index contributed by atoms with van der Waals surface area (Å²) in [5.41, 5.74) is 3.48. The number of hydrogen-bond donors (Lipinski definition) is 1. The number of halogens is 1. The van der Waals surface area contributed by atoms with Crippen LogP contribution in [-0.2, 0) is 11.3 Å². The molecule has 146 valence electrons. The third kappa shape index (κ3) is 3.98. The minimum Gasteiger partial charge on any atom is -0.503 e. The monoisotopic (exact) mass is 465 g/mol. The van der Waals surface area contributed by atoms with E-state index in [9.17, 15) is 9.90 Å². The lowest BCUT2D eigenvalue weighted by Crippen LogP contribution is -2.29. The van der Waals surface area contributed by atoms with Gasteiger partial charge in [0.15, 0.2) is 5.76 Å². The topological polar surface area (TPSA) is 40.5 Å². The predicted octanol–water partition coefficient (Wildman–Crippen LogP) is 6.22. The van der Waals surface area contributed by atoms with Gasteiger partial charge in [0, 0.05) is 21.5 Å². The van der Waals surface area contributed by atoms with Crippen molar-refractivity contribution in [1.29, 1.82) is 0 Å². The van der Waals surface area contributed by atoms with E-state index in [1.165, 1.54) is 4.90 Å². The number of hydrogen-bond acceptors (Lipinski definition) is 3. The van der Waals surface area contributed by atoms with Crippen LogP contribution in [0.15, 0.2) is 94.0 Å². The SMILES string of the molecule is CSc1ccc(CN2C(=O)C(O)=C(c3ccccc3)[C@@H]2c2cccc(Br)c2)cc1. The molecule has 1 aliphatic rings. The quantitative estimate of drug-likeness (QED) is 0.454. The molecule has 1 N–H and O–H groups in total. The maximum Gasteiger partial charge on any atom is 0.290 e. The third-order valence-corrected chi connectivity index (χ3v) is 6.30. The molecule has 0 saturated carbocycles. The Bertz CT molecular complexity index is 1060. The molecule has 1 amide bonds. The van der Waals surface area contributed by atoms with Crippen molar-refractivity contribution in [2.75, 3.05) is 6.26 Å². The second kappa shape index (κ2) is 8.47. The van der Waals surface area contributed by atoms with Crippen LogP contribution in [0.4, 0.5) is 0 Å². The molecule has 1 aliphatic heterocycles. The minimum absolute atomic E-state index is 0.179. The molecule has 29 heavy (non-hydrogen) atoms. The third-order valence-electron chi connectivity index (χ3n) is 5.06. The molecule has 3 aromatic carbocycles. The number of thioether (sulfide) groups is 1. The van der Waals surface area contributed by atoms with Crippen LogP contribution in [0, 0.1) is 0 Å². The molecule has 5 heteroatoms. The van der Waals surface area contributed by atoms with Gasteiger partial charge in [-0.3, -0.25) is 4.79 Å². The summed E-state index contributed by atoms with van der Waals surface area (Å²) in [5, 5.41) is 10.8. The van der Waals surface area contributed by atoms with Gasteiger partial charge in [-0.25, -0.2) is 0 Å². The summed E-state index contributed by atoms with van der Waals surface area (Å²) in [5.74, 6) is -0.523. The van der Waals surface area contributed by atoms with Crippen LogP contribution in [0.1, 0.15) is 22.7 Å². The van der Waals surface area contributed by atoms with Crippen molar-refractivity contribution < 1.29 is 9.90 Å². The van der Waals surface area contributed by atoms with Crippen LogP contribution in [-0.4, -0.2) is 22.2 Å². The Morgan fingerprint density at radius 2 is 1.72 bits per heavy atom. The fraction of sp³-hybridized carbons (Fsp3) is 0.125. The van der Waals surface area contributed by atoms with Crippen molar-refractivity contribution in [2.45, 2.75) is 17.5 Å². The van der Waals surface area contributed by atoms with Gasteiger partial charge in [0.05, 0.1) is 6.04 Å².